The van der Waals surface area contributed by atoms with Crippen LogP contribution in [0.25, 0.3) is 0 Å². The zero-order valence-corrected chi connectivity index (χ0v) is 17.3. The third kappa shape index (κ3) is 13.1. The van der Waals surface area contributed by atoms with Crippen LogP contribution < -0.4 is 14.8 Å². The number of alkyl halides is 3. The smallest absolute Gasteiger partial charge is 0.490 e. The number of ether oxygens (including phenoxy) is 2. The Kier molecular flexibility index (Phi) is 12.3. The topological polar surface area (TPSA) is 105 Å². The van der Waals surface area contributed by atoms with Crippen LogP contribution in [0.15, 0.2) is 54.6 Å². The first-order valence-corrected chi connectivity index (χ1v) is 9.80. The molecule has 0 saturated heterocycles. The molecule has 0 unspecified atom stereocenters. The Labute approximate surface area is 183 Å². The SMILES string of the molecule is O=C(O)C(F)(F)F.O=C(O)CCNCCc1ccc(OCCCOc2ccccc2)cc1. The lowest BCUT2D eigenvalue weighted by molar-refractivity contribution is -0.192. The van der Waals surface area contributed by atoms with Crippen LogP contribution in [0.4, 0.5) is 13.2 Å². The molecule has 2 aromatic rings. The first-order valence-electron chi connectivity index (χ1n) is 9.80. The standard InChI is InChI=1S/C20H25NO4.C2HF3O2/c22-20(23)12-14-21-13-11-17-7-9-19(10-8-17)25-16-4-15-24-18-5-2-1-3-6-18;3-2(4,5)1(6)7/h1-3,5-10,21H,4,11-16H2,(H,22,23);(H,6,7). The molecule has 0 fully saturated rings. The lowest BCUT2D eigenvalue weighted by atomic mass is 10.1. The van der Waals surface area contributed by atoms with Gasteiger partial charge in [0.05, 0.1) is 19.6 Å². The van der Waals surface area contributed by atoms with Crippen molar-refractivity contribution in [1.82, 2.24) is 5.32 Å². The van der Waals surface area contributed by atoms with Crippen molar-refractivity contribution in [2.75, 3.05) is 26.3 Å². The van der Waals surface area contributed by atoms with Crippen LogP contribution in [0.5, 0.6) is 11.5 Å². The highest BCUT2D eigenvalue weighted by Crippen LogP contribution is 2.14. The van der Waals surface area contributed by atoms with Gasteiger partial charge in [0.1, 0.15) is 11.5 Å². The summed E-state index contributed by atoms with van der Waals surface area (Å²) in [5, 5.41) is 18.8. The summed E-state index contributed by atoms with van der Waals surface area (Å²) in [6.07, 6.45) is -3.24. The Bertz CT molecular complexity index is 798. The molecule has 0 aliphatic carbocycles. The molecule has 10 heteroatoms. The monoisotopic (exact) mass is 457 g/mol. The quantitative estimate of drug-likeness (QED) is 0.417. The number of rotatable bonds is 12. The summed E-state index contributed by atoms with van der Waals surface area (Å²) < 4.78 is 43.1. The van der Waals surface area contributed by atoms with Gasteiger partial charge in [-0.25, -0.2) is 4.79 Å². The summed E-state index contributed by atoms with van der Waals surface area (Å²) in [6, 6.07) is 17.8. The van der Waals surface area contributed by atoms with E-state index in [1.807, 2.05) is 54.6 Å². The fourth-order valence-electron chi connectivity index (χ4n) is 2.26. The number of hydrogen-bond donors (Lipinski definition) is 3. The van der Waals surface area contributed by atoms with E-state index in [1.54, 1.807) is 0 Å². The Morgan fingerprint density at radius 2 is 1.38 bits per heavy atom. The van der Waals surface area contributed by atoms with Crippen molar-refractivity contribution in [3.8, 4) is 11.5 Å². The second-order valence-corrected chi connectivity index (χ2v) is 6.45. The molecule has 0 bridgehead atoms. The van der Waals surface area contributed by atoms with Crippen LogP contribution in [0.3, 0.4) is 0 Å². The van der Waals surface area contributed by atoms with Gasteiger partial charge < -0.3 is 25.0 Å². The lowest BCUT2D eigenvalue weighted by Gasteiger charge is -2.09. The van der Waals surface area contributed by atoms with E-state index in [-0.39, 0.29) is 6.42 Å². The molecule has 7 nitrogen and oxygen atoms in total. The van der Waals surface area contributed by atoms with Gasteiger partial charge in [0, 0.05) is 13.0 Å². The second kappa shape index (κ2) is 14.7. The molecule has 0 aromatic heterocycles. The van der Waals surface area contributed by atoms with Gasteiger partial charge in [-0.2, -0.15) is 13.2 Å². The molecule has 3 N–H and O–H groups in total. The third-order valence-electron chi connectivity index (χ3n) is 3.84. The molecule has 0 radical (unpaired) electrons. The summed E-state index contributed by atoms with van der Waals surface area (Å²) in [7, 11) is 0. The highest BCUT2D eigenvalue weighted by Gasteiger charge is 2.38. The minimum Gasteiger partial charge on any atom is -0.493 e. The zero-order valence-electron chi connectivity index (χ0n) is 17.3. The maximum absolute atomic E-state index is 10.6. The fourth-order valence-corrected chi connectivity index (χ4v) is 2.26. The van der Waals surface area contributed by atoms with Crippen LogP contribution in [-0.2, 0) is 16.0 Å². The van der Waals surface area contributed by atoms with E-state index in [4.69, 9.17) is 24.5 Å². The van der Waals surface area contributed by atoms with Crippen LogP contribution in [-0.4, -0.2) is 54.6 Å². The Balaban J connectivity index is 0.000000633. The van der Waals surface area contributed by atoms with Crippen LogP contribution in [0, 0.1) is 0 Å². The van der Waals surface area contributed by atoms with Crippen molar-refractivity contribution in [1.29, 1.82) is 0 Å². The van der Waals surface area contributed by atoms with E-state index in [0.29, 0.717) is 19.8 Å². The molecule has 0 atom stereocenters. The maximum atomic E-state index is 10.6. The highest BCUT2D eigenvalue weighted by atomic mass is 19.4. The highest BCUT2D eigenvalue weighted by molar-refractivity contribution is 5.73. The molecule has 176 valence electrons. The number of hydrogen-bond acceptors (Lipinski definition) is 5. The first-order chi connectivity index (χ1) is 15.2. The van der Waals surface area contributed by atoms with Crippen molar-refractivity contribution < 1.29 is 42.4 Å². The average molecular weight is 457 g/mol. The van der Waals surface area contributed by atoms with Crippen LogP contribution in [0.2, 0.25) is 0 Å². The molecule has 0 spiro atoms. The predicted octanol–water partition coefficient (Wildman–Crippen LogP) is 3.77. The van der Waals surface area contributed by atoms with Gasteiger partial charge in [-0.3, -0.25) is 4.79 Å². The second-order valence-electron chi connectivity index (χ2n) is 6.45. The Hall–Kier alpha value is -3.27. The fraction of sp³-hybridized carbons (Fsp3) is 0.364. The van der Waals surface area contributed by atoms with Crippen LogP contribution >= 0.6 is 0 Å². The van der Waals surface area contributed by atoms with Crippen molar-refractivity contribution in [2.24, 2.45) is 0 Å². The van der Waals surface area contributed by atoms with Gasteiger partial charge in [-0.1, -0.05) is 30.3 Å². The number of para-hydroxylation sites is 1. The lowest BCUT2D eigenvalue weighted by Crippen LogP contribution is -2.21. The van der Waals surface area contributed by atoms with E-state index >= 15 is 0 Å². The first kappa shape index (κ1) is 26.8. The normalized spacial score (nSPS) is 10.6. The van der Waals surface area contributed by atoms with Crippen molar-refractivity contribution in [2.45, 2.75) is 25.4 Å². The van der Waals surface area contributed by atoms with Gasteiger partial charge in [0.2, 0.25) is 0 Å². The van der Waals surface area contributed by atoms with Gasteiger partial charge in [-0.05, 0) is 42.8 Å². The minimum atomic E-state index is -5.08. The summed E-state index contributed by atoms with van der Waals surface area (Å²) in [6.45, 7) is 2.51. The molecule has 0 aliphatic heterocycles. The van der Waals surface area contributed by atoms with Gasteiger partial charge >= 0.3 is 18.1 Å². The maximum Gasteiger partial charge on any atom is 0.490 e. The third-order valence-corrected chi connectivity index (χ3v) is 3.84. The van der Waals surface area contributed by atoms with Crippen molar-refractivity contribution in [3.63, 3.8) is 0 Å². The molecular weight excluding hydrogens is 431 g/mol. The Morgan fingerprint density at radius 1 is 0.844 bits per heavy atom. The molecule has 2 rings (SSSR count). The summed E-state index contributed by atoms with van der Waals surface area (Å²) >= 11 is 0. The number of carboxylic acid groups (broad SMARTS) is 2. The molecule has 0 saturated carbocycles. The van der Waals surface area contributed by atoms with E-state index in [2.05, 4.69) is 5.32 Å². The predicted molar refractivity (Wildman–Crippen MR) is 111 cm³/mol. The number of carboxylic acids is 2. The number of carbonyl (C=O) groups is 2. The van der Waals surface area contributed by atoms with E-state index < -0.39 is 18.1 Å². The van der Waals surface area contributed by atoms with Crippen molar-refractivity contribution in [3.05, 3.63) is 60.2 Å². The van der Waals surface area contributed by atoms with Gasteiger partial charge in [0.15, 0.2) is 0 Å². The molecule has 0 heterocycles. The average Bonchev–Trinajstić information content (AvgIpc) is 2.74. The van der Waals surface area contributed by atoms with Crippen LogP contribution in [0.1, 0.15) is 18.4 Å². The molecule has 2 aromatic carbocycles. The molecule has 32 heavy (non-hydrogen) atoms. The molecule has 0 amide bonds. The molecule has 0 aliphatic rings. The summed E-state index contributed by atoms with van der Waals surface area (Å²) in [4.78, 5) is 19.3. The summed E-state index contributed by atoms with van der Waals surface area (Å²) in [5.74, 6) is -1.80. The van der Waals surface area contributed by atoms with Gasteiger partial charge in [0.25, 0.3) is 0 Å². The number of benzene rings is 2. The number of nitrogens with one attached hydrogen (secondary N) is 1. The summed E-state index contributed by atoms with van der Waals surface area (Å²) in [5.41, 5.74) is 1.20. The van der Waals surface area contributed by atoms with E-state index in [1.165, 1.54) is 5.56 Å². The molecular formula is C22H26F3NO6. The van der Waals surface area contributed by atoms with Crippen molar-refractivity contribution >= 4 is 11.9 Å². The number of aliphatic carboxylic acids is 2. The number of halogens is 3. The van der Waals surface area contributed by atoms with E-state index in [0.717, 1.165) is 30.9 Å². The zero-order chi connectivity index (χ0) is 23.8. The minimum absolute atomic E-state index is 0.154. The largest absolute Gasteiger partial charge is 0.493 e. The van der Waals surface area contributed by atoms with Gasteiger partial charge in [-0.15, -0.1) is 0 Å². The Morgan fingerprint density at radius 3 is 1.88 bits per heavy atom. The van der Waals surface area contributed by atoms with E-state index in [9.17, 15) is 18.0 Å².